The summed E-state index contributed by atoms with van der Waals surface area (Å²) in [6.45, 7) is 2.04. The van der Waals surface area contributed by atoms with Crippen LogP contribution in [0.4, 0.5) is 0 Å². The van der Waals surface area contributed by atoms with Gasteiger partial charge in [-0.1, -0.05) is 47.4 Å². The molecule has 4 nitrogen and oxygen atoms in total. The third kappa shape index (κ3) is 3.08. The molecule has 0 saturated heterocycles. The Morgan fingerprint density at radius 3 is 2.89 bits per heavy atom. The zero-order valence-corrected chi connectivity index (χ0v) is 11.7. The van der Waals surface area contributed by atoms with E-state index in [-0.39, 0.29) is 11.7 Å². The lowest BCUT2D eigenvalue weighted by atomic mass is 10.1. The second-order valence-electron chi connectivity index (χ2n) is 3.55. The first-order chi connectivity index (χ1) is 8.70. The lowest BCUT2D eigenvalue weighted by Gasteiger charge is -1.98. The molecule has 0 bridgehead atoms. The molecule has 1 heterocycles. The minimum absolute atomic E-state index is 0.257. The van der Waals surface area contributed by atoms with Crippen molar-refractivity contribution in [1.82, 2.24) is 10.2 Å². The molecule has 0 aliphatic rings. The number of aryl methyl sites for hydroxylation is 1. The van der Waals surface area contributed by atoms with E-state index in [1.54, 1.807) is 0 Å². The third-order valence-corrected chi connectivity index (χ3v) is 4.39. The van der Waals surface area contributed by atoms with Crippen molar-refractivity contribution in [2.45, 2.75) is 11.3 Å². The highest BCUT2D eigenvalue weighted by Gasteiger charge is 2.10. The number of methoxy groups -OCH3 is 1. The fourth-order valence-corrected chi connectivity index (χ4v) is 3.14. The summed E-state index contributed by atoms with van der Waals surface area (Å²) < 4.78 is 5.36. The first-order valence-electron chi connectivity index (χ1n) is 5.30. The molecule has 0 spiro atoms. The Balaban J connectivity index is 2.11. The Kier molecular flexibility index (Phi) is 4.33. The van der Waals surface area contributed by atoms with Crippen LogP contribution in [-0.4, -0.2) is 29.0 Å². The molecule has 0 aliphatic carbocycles. The highest BCUT2D eigenvalue weighted by Crippen LogP contribution is 2.30. The number of rotatable bonds is 4. The summed E-state index contributed by atoms with van der Waals surface area (Å²) in [6, 6.07) is 8.03. The molecule has 2 rings (SSSR count). The second-order valence-corrected chi connectivity index (χ2v) is 5.75. The van der Waals surface area contributed by atoms with E-state index in [1.165, 1.54) is 30.2 Å². The molecule has 0 amide bonds. The maximum atomic E-state index is 11.0. The number of esters is 1. The van der Waals surface area contributed by atoms with Gasteiger partial charge < -0.3 is 4.74 Å². The second kappa shape index (κ2) is 5.97. The van der Waals surface area contributed by atoms with Crippen molar-refractivity contribution in [3.05, 3.63) is 29.8 Å². The molecular weight excluding hydrogens is 268 g/mol. The van der Waals surface area contributed by atoms with Crippen LogP contribution >= 0.6 is 23.1 Å². The molecule has 0 saturated carbocycles. The average Bonchev–Trinajstić information content (AvgIpc) is 2.85. The van der Waals surface area contributed by atoms with E-state index in [2.05, 4.69) is 14.9 Å². The van der Waals surface area contributed by atoms with Gasteiger partial charge in [-0.2, -0.15) is 0 Å². The predicted octanol–water partition coefficient (Wildman–Crippen LogP) is 2.78. The summed E-state index contributed by atoms with van der Waals surface area (Å²) in [7, 11) is 1.38. The molecule has 0 aliphatic heterocycles. The Labute approximate surface area is 113 Å². The van der Waals surface area contributed by atoms with Crippen LogP contribution in [-0.2, 0) is 9.53 Å². The number of aromatic nitrogens is 2. The van der Waals surface area contributed by atoms with Crippen molar-refractivity contribution in [1.29, 1.82) is 0 Å². The van der Waals surface area contributed by atoms with Gasteiger partial charge in [0, 0.05) is 5.56 Å². The van der Waals surface area contributed by atoms with Crippen molar-refractivity contribution in [3.8, 4) is 10.6 Å². The van der Waals surface area contributed by atoms with Gasteiger partial charge in [0.05, 0.1) is 12.9 Å². The van der Waals surface area contributed by atoms with E-state index in [0.717, 1.165) is 20.5 Å². The highest BCUT2D eigenvalue weighted by molar-refractivity contribution is 8.01. The van der Waals surface area contributed by atoms with Gasteiger partial charge >= 0.3 is 5.97 Å². The number of hydrogen-bond acceptors (Lipinski definition) is 6. The van der Waals surface area contributed by atoms with Crippen LogP contribution < -0.4 is 0 Å². The summed E-state index contributed by atoms with van der Waals surface area (Å²) in [5.74, 6) is 0.00599. The van der Waals surface area contributed by atoms with Crippen LogP contribution in [0.3, 0.4) is 0 Å². The van der Waals surface area contributed by atoms with Gasteiger partial charge in [0.15, 0.2) is 4.34 Å². The minimum Gasteiger partial charge on any atom is -0.468 e. The minimum atomic E-state index is -0.257. The fraction of sp³-hybridized carbons (Fsp3) is 0.250. The molecule has 6 heteroatoms. The quantitative estimate of drug-likeness (QED) is 0.636. The van der Waals surface area contributed by atoms with Crippen LogP contribution in [0.15, 0.2) is 28.6 Å². The number of benzene rings is 1. The third-order valence-electron chi connectivity index (χ3n) is 2.32. The van der Waals surface area contributed by atoms with E-state index in [4.69, 9.17) is 0 Å². The molecule has 18 heavy (non-hydrogen) atoms. The van der Waals surface area contributed by atoms with Gasteiger partial charge in [-0.25, -0.2) is 0 Å². The van der Waals surface area contributed by atoms with Gasteiger partial charge in [-0.15, -0.1) is 10.2 Å². The lowest BCUT2D eigenvalue weighted by Crippen LogP contribution is -2.02. The zero-order chi connectivity index (χ0) is 13.0. The van der Waals surface area contributed by atoms with E-state index in [9.17, 15) is 4.79 Å². The molecule has 2 aromatic rings. The smallest absolute Gasteiger partial charge is 0.316 e. The van der Waals surface area contributed by atoms with Crippen molar-refractivity contribution in [2.75, 3.05) is 12.9 Å². The normalized spacial score (nSPS) is 10.3. The zero-order valence-electron chi connectivity index (χ0n) is 10.0. The molecule has 0 atom stereocenters. The molecule has 0 radical (unpaired) electrons. The highest BCUT2D eigenvalue weighted by atomic mass is 32.2. The van der Waals surface area contributed by atoms with E-state index < -0.39 is 0 Å². The lowest BCUT2D eigenvalue weighted by molar-refractivity contribution is -0.137. The largest absolute Gasteiger partial charge is 0.468 e. The monoisotopic (exact) mass is 280 g/mol. The first-order valence-corrected chi connectivity index (χ1v) is 7.10. The fourth-order valence-electron chi connectivity index (χ4n) is 1.37. The van der Waals surface area contributed by atoms with E-state index in [0.29, 0.717) is 0 Å². The maximum Gasteiger partial charge on any atom is 0.316 e. The Morgan fingerprint density at radius 1 is 1.39 bits per heavy atom. The Hall–Kier alpha value is -1.40. The van der Waals surface area contributed by atoms with E-state index >= 15 is 0 Å². The summed E-state index contributed by atoms with van der Waals surface area (Å²) in [4.78, 5) is 11.0. The van der Waals surface area contributed by atoms with Gasteiger partial charge in [0.1, 0.15) is 5.01 Å². The molecule has 0 N–H and O–H groups in total. The Bertz CT molecular complexity index is 555. The van der Waals surface area contributed by atoms with Crippen molar-refractivity contribution in [3.63, 3.8) is 0 Å². The first kappa shape index (κ1) is 13.0. The Morgan fingerprint density at radius 2 is 2.17 bits per heavy atom. The molecule has 94 valence electrons. The van der Waals surface area contributed by atoms with Crippen LogP contribution in [0, 0.1) is 6.92 Å². The standard InChI is InChI=1S/C12H12N2O2S2/c1-8-5-3-4-6-9(8)11-13-14-12(18-11)17-7-10(15)16-2/h3-6H,7H2,1-2H3. The van der Waals surface area contributed by atoms with Crippen LogP contribution in [0.5, 0.6) is 0 Å². The van der Waals surface area contributed by atoms with Crippen molar-refractivity contribution < 1.29 is 9.53 Å². The van der Waals surface area contributed by atoms with Crippen LogP contribution in [0.25, 0.3) is 10.6 Å². The van der Waals surface area contributed by atoms with Gasteiger partial charge in [-0.05, 0) is 12.5 Å². The number of carbonyl (C=O) groups is 1. The number of thioether (sulfide) groups is 1. The topological polar surface area (TPSA) is 52.1 Å². The summed E-state index contributed by atoms with van der Waals surface area (Å²) in [5, 5.41) is 9.09. The number of ether oxygens (including phenoxy) is 1. The summed E-state index contributed by atoms with van der Waals surface area (Å²) in [6.07, 6.45) is 0. The van der Waals surface area contributed by atoms with Crippen molar-refractivity contribution in [2.24, 2.45) is 0 Å². The number of nitrogens with zero attached hydrogens (tertiary/aromatic N) is 2. The summed E-state index contributed by atoms with van der Waals surface area (Å²) in [5.41, 5.74) is 2.25. The SMILES string of the molecule is COC(=O)CSc1nnc(-c2ccccc2C)s1. The molecular formula is C12H12N2O2S2. The van der Waals surface area contributed by atoms with Crippen LogP contribution in [0.2, 0.25) is 0 Å². The maximum absolute atomic E-state index is 11.0. The number of carbonyl (C=O) groups excluding carboxylic acids is 1. The van der Waals surface area contributed by atoms with Gasteiger partial charge in [-0.3, -0.25) is 4.79 Å². The predicted molar refractivity (Wildman–Crippen MR) is 72.8 cm³/mol. The van der Waals surface area contributed by atoms with Gasteiger partial charge in [0.25, 0.3) is 0 Å². The molecule has 1 aromatic heterocycles. The van der Waals surface area contributed by atoms with Crippen molar-refractivity contribution >= 4 is 29.1 Å². The molecule has 0 unspecified atom stereocenters. The van der Waals surface area contributed by atoms with E-state index in [1.807, 2.05) is 31.2 Å². The summed E-state index contributed by atoms with van der Waals surface area (Å²) >= 11 is 2.83. The van der Waals surface area contributed by atoms with Gasteiger partial charge in [0.2, 0.25) is 0 Å². The van der Waals surface area contributed by atoms with Crippen LogP contribution in [0.1, 0.15) is 5.56 Å². The average molecular weight is 280 g/mol. The molecule has 0 fully saturated rings. The number of hydrogen-bond donors (Lipinski definition) is 0. The molecule has 1 aromatic carbocycles.